The second kappa shape index (κ2) is 7.59. The SMILES string of the molecule is CC1=CC(c2ccccc2)=CC1C(=O)O[C@@H]1C[C@H](C)CC[C@H]1C(C)C. The van der Waals surface area contributed by atoms with Gasteiger partial charge < -0.3 is 4.74 Å². The molecule has 1 aromatic rings. The first-order chi connectivity index (χ1) is 12.0. The van der Waals surface area contributed by atoms with Gasteiger partial charge in [-0.15, -0.1) is 0 Å². The lowest BCUT2D eigenvalue weighted by Gasteiger charge is -2.37. The fourth-order valence-electron chi connectivity index (χ4n) is 4.23. The van der Waals surface area contributed by atoms with E-state index in [0.717, 1.165) is 23.1 Å². The van der Waals surface area contributed by atoms with Crippen LogP contribution in [-0.4, -0.2) is 12.1 Å². The van der Waals surface area contributed by atoms with Gasteiger partial charge in [0.1, 0.15) is 6.10 Å². The minimum atomic E-state index is -0.236. The van der Waals surface area contributed by atoms with E-state index in [1.807, 2.05) is 25.1 Å². The minimum absolute atomic E-state index is 0.0678. The van der Waals surface area contributed by atoms with Crippen LogP contribution in [0.4, 0.5) is 0 Å². The second-order valence-corrected chi connectivity index (χ2v) is 8.16. The number of ether oxygens (including phenoxy) is 1. The molecule has 25 heavy (non-hydrogen) atoms. The number of carbonyl (C=O) groups excluding carboxylic acids is 1. The van der Waals surface area contributed by atoms with Gasteiger partial charge in [0.2, 0.25) is 0 Å². The van der Waals surface area contributed by atoms with E-state index in [2.05, 4.69) is 45.1 Å². The van der Waals surface area contributed by atoms with Crippen LogP contribution in [0.5, 0.6) is 0 Å². The van der Waals surface area contributed by atoms with Crippen LogP contribution in [-0.2, 0) is 9.53 Å². The van der Waals surface area contributed by atoms with E-state index >= 15 is 0 Å². The van der Waals surface area contributed by atoms with Crippen LogP contribution in [0.2, 0.25) is 0 Å². The Morgan fingerprint density at radius 3 is 2.56 bits per heavy atom. The van der Waals surface area contributed by atoms with Crippen LogP contribution < -0.4 is 0 Å². The van der Waals surface area contributed by atoms with Crippen LogP contribution in [0.3, 0.4) is 0 Å². The van der Waals surface area contributed by atoms with E-state index in [1.54, 1.807) is 0 Å². The zero-order valence-electron chi connectivity index (χ0n) is 15.9. The molecule has 0 heterocycles. The molecule has 1 fully saturated rings. The van der Waals surface area contributed by atoms with E-state index in [9.17, 15) is 4.79 Å². The fraction of sp³-hybridized carbons (Fsp3) is 0.522. The zero-order valence-corrected chi connectivity index (χ0v) is 15.9. The Morgan fingerprint density at radius 1 is 1.16 bits per heavy atom. The maximum Gasteiger partial charge on any atom is 0.317 e. The van der Waals surface area contributed by atoms with Gasteiger partial charge in [0.15, 0.2) is 0 Å². The Labute approximate surface area is 152 Å². The molecule has 0 aromatic heterocycles. The van der Waals surface area contributed by atoms with Gasteiger partial charge in [0.05, 0.1) is 5.92 Å². The highest BCUT2D eigenvalue weighted by atomic mass is 16.5. The summed E-state index contributed by atoms with van der Waals surface area (Å²) in [6.07, 6.45) is 7.66. The summed E-state index contributed by atoms with van der Waals surface area (Å²) >= 11 is 0. The Balaban J connectivity index is 1.72. The number of esters is 1. The first kappa shape index (κ1) is 18.0. The fourth-order valence-corrected chi connectivity index (χ4v) is 4.23. The molecule has 1 aromatic carbocycles. The summed E-state index contributed by atoms with van der Waals surface area (Å²) in [6, 6.07) is 10.2. The number of hydrogen-bond acceptors (Lipinski definition) is 2. The number of hydrogen-bond donors (Lipinski definition) is 0. The maximum absolute atomic E-state index is 12.9. The van der Waals surface area contributed by atoms with Crippen LogP contribution >= 0.6 is 0 Å². The van der Waals surface area contributed by atoms with Crippen LogP contribution in [0.1, 0.15) is 52.5 Å². The highest BCUT2D eigenvalue weighted by molar-refractivity contribution is 5.88. The summed E-state index contributed by atoms with van der Waals surface area (Å²) in [5.74, 6) is 1.37. The number of benzene rings is 1. The van der Waals surface area contributed by atoms with Gasteiger partial charge >= 0.3 is 5.97 Å². The molecule has 0 spiro atoms. The smallest absolute Gasteiger partial charge is 0.317 e. The first-order valence-corrected chi connectivity index (χ1v) is 9.61. The molecule has 134 valence electrons. The lowest BCUT2D eigenvalue weighted by atomic mass is 9.75. The quantitative estimate of drug-likeness (QED) is 0.663. The topological polar surface area (TPSA) is 26.3 Å². The lowest BCUT2D eigenvalue weighted by molar-refractivity contribution is -0.157. The Hall–Kier alpha value is -1.83. The second-order valence-electron chi connectivity index (χ2n) is 8.16. The molecule has 2 aliphatic rings. The number of rotatable bonds is 4. The molecule has 2 aliphatic carbocycles. The highest BCUT2D eigenvalue weighted by Crippen LogP contribution is 2.37. The predicted octanol–water partition coefficient (Wildman–Crippen LogP) is 5.65. The average molecular weight is 338 g/mol. The van der Waals surface area contributed by atoms with Gasteiger partial charge in [-0.3, -0.25) is 4.79 Å². The van der Waals surface area contributed by atoms with Gasteiger partial charge in [-0.05, 0) is 48.7 Å². The molecule has 0 N–H and O–H groups in total. The van der Waals surface area contributed by atoms with E-state index < -0.39 is 0 Å². The summed E-state index contributed by atoms with van der Waals surface area (Å²) in [5.41, 5.74) is 3.36. The largest absolute Gasteiger partial charge is 0.461 e. The van der Waals surface area contributed by atoms with Crippen molar-refractivity contribution in [2.45, 2.75) is 53.1 Å². The van der Waals surface area contributed by atoms with Crippen LogP contribution in [0, 0.1) is 23.7 Å². The monoisotopic (exact) mass is 338 g/mol. The normalized spacial score (nSPS) is 29.3. The molecule has 0 aliphatic heterocycles. The summed E-state index contributed by atoms with van der Waals surface area (Å²) in [7, 11) is 0. The maximum atomic E-state index is 12.9. The molecule has 2 heteroatoms. The van der Waals surface area contributed by atoms with E-state index in [-0.39, 0.29) is 18.0 Å². The van der Waals surface area contributed by atoms with Gasteiger partial charge in [0, 0.05) is 0 Å². The van der Waals surface area contributed by atoms with Crippen LogP contribution in [0.15, 0.2) is 48.1 Å². The molecule has 0 radical (unpaired) electrons. The lowest BCUT2D eigenvalue weighted by Crippen LogP contribution is -2.37. The van der Waals surface area contributed by atoms with Gasteiger partial charge in [0.25, 0.3) is 0 Å². The van der Waals surface area contributed by atoms with Crippen molar-refractivity contribution in [3.8, 4) is 0 Å². The first-order valence-electron chi connectivity index (χ1n) is 9.61. The van der Waals surface area contributed by atoms with Crippen molar-refractivity contribution < 1.29 is 9.53 Å². The summed E-state index contributed by atoms with van der Waals surface area (Å²) < 4.78 is 6.05. The minimum Gasteiger partial charge on any atom is -0.461 e. The predicted molar refractivity (Wildman–Crippen MR) is 103 cm³/mol. The van der Waals surface area contributed by atoms with E-state index in [4.69, 9.17) is 4.74 Å². The molecular weight excluding hydrogens is 308 g/mol. The van der Waals surface area contributed by atoms with Gasteiger partial charge in [-0.1, -0.05) is 75.2 Å². The van der Waals surface area contributed by atoms with Crippen molar-refractivity contribution in [3.05, 3.63) is 53.6 Å². The Bertz CT molecular complexity index is 669. The third-order valence-corrected chi connectivity index (χ3v) is 5.81. The van der Waals surface area contributed by atoms with E-state index in [0.29, 0.717) is 17.8 Å². The average Bonchev–Trinajstić information content (AvgIpc) is 2.97. The third kappa shape index (κ3) is 4.05. The van der Waals surface area contributed by atoms with Crippen molar-refractivity contribution in [2.24, 2.45) is 23.7 Å². The van der Waals surface area contributed by atoms with Crippen molar-refractivity contribution in [2.75, 3.05) is 0 Å². The Kier molecular flexibility index (Phi) is 5.46. The van der Waals surface area contributed by atoms with Crippen molar-refractivity contribution >= 4 is 11.5 Å². The Morgan fingerprint density at radius 2 is 1.88 bits per heavy atom. The summed E-state index contributed by atoms with van der Waals surface area (Å²) in [6.45, 7) is 8.79. The molecule has 4 atom stereocenters. The molecule has 2 nitrogen and oxygen atoms in total. The van der Waals surface area contributed by atoms with Crippen molar-refractivity contribution in [1.29, 1.82) is 0 Å². The molecule has 3 rings (SSSR count). The highest BCUT2D eigenvalue weighted by Gasteiger charge is 2.35. The van der Waals surface area contributed by atoms with Gasteiger partial charge in [-0.2, -0.15) is 0 Å². The van der Waals surface area contributed by atoms with Crippen LogP contribution in [0.25, 0.3) is 5.57 Å². The molecule has 0 amide bonds. The summed E-state index contributed by atoms with van der Waals surface area (Å²) in [5, 5.41) is 0. The molecule has 0 bridgehead atoms. The van der Waals surface area contributed by atoms with Crippen molar-refractivity contribution in [3.63, 3.8) is 0 Å². The summed E-state index contributed by atoms with van der Waals surface area (Å²) in [4.78, 5) is 12.9. The third-order valence-electron chi connectivity index (χ3n) is 5.81. The van der Waals surface area contributed by atoms with E-state index in [1.165, 1.54) is 12.8 Å². The molecule has 1 saturated carbocycles. The molecule has 1 unspecified atom stereocenters. The van der Waals surface area contributed by atoms with Crippen molar-refractivity contribution in [1.82, 2.24) is 0 Å². The number of allylic oxidation sites excluding steroid dienone is 2. The molecular formula is C23H30O2. The zero-order chi connectivity index (χ0) is 18.0. The number of carbonyl (C=O) groups is 1. The van der Waals surface area contributed by atoms with Gasteiger partial charge in [-0.25, -0.2) is 0 Å². The standard InChI is InChI=1S/C23H30O2/c1-15(2)20-11-10-16(3)12-22(20)25-23(24)21-14-19(13-17(21)4)18-8-6-5-7-9-18/h5-9,13-16,20-22H,10-12H2,1-4H3/t16-,20+,21?,22-/m1/s1. The molecule has 0 saturated heterocycles.